The molecule has 5 heteroatoms. The first-order valence-electron chi connectivity index (χ1n) is 16.2. The molecular formula is C42H36BNO3. The lowest BCUT2D eigenvalue weighted by atomic mass is 9.79. The molecule has 0 radical (unpaired) electrons. The molecule has 0 aliphatic carbocycles. The fourth-order valence-electron chi connectivity index (χ4n) is 6.36. The second kappa shape index (κ2) is 11.3. The van der Waals surface area contributed by atoms with E-state index in [1.807, 2.05) is 12.1 Å². The van der Waals surface area contributed by atoms with Crippen molar-refractivity contribution in [2.24, 2.45) is 0 Å². The highest BCUT2D eigenvalue weighted by atomic mass is 16.7. The van der Waals surface area contributed by atoms with Gasteiger partial charge in [0.2, 0.25) is 0 Å². The first-order valence-corrected chi connectivity index (χ1v) is 16.2. The van der Waals surface area contributed by atoms with Crippen LogP contribution in [0.15, 0.2) is 150 Å². The second-order valence-corrected chi connectivity index (χ2v) is 13.3. The van der Waals surface area contributed by atoms with Crippen molar-refractivity contribution in [1.82, 2.24) is 0 Å². The standard InChI is InChI=1S/C42H36BNO3/c1-41(2)42(3,4)47-43(46-41)33-19-25-37-38-26-24-36(28-40(38)45-39(37)27-33)44(34-20-15-31(16-21-34)29-11-7-5-8-12-29)35-22-17-32(18-23-35)30-13-9-6-10-14-30/h5-28H,1-4H3. The molecule has 1 aromatic heterocycles. The molecule has 0 bridgehead atoms. The topological polar surface area (TPSA) is 34.8 Å². The van der Waals surface area contributed by atoms with Crippen LogP contribution in [-0.2, 0) is 9.31 Å². The van der Waals surface area contributed by atoms with Gasteiger partial charge in [0.15, 0.2) is 0 Å². The Hall–Kier alpha value is -5.10. The molecule has 4 nitrogen and oxygen atoms in total. The molecule has 7 aromatic rings. The van der Waals surface area contributed by atoms with E-state index in [9.17, 15) is 0 Å². The summed E-state index contributed by atoms with van der Waals surface area (Å²) in [5.74, 6) is 0. The smallest absolute Gasteiger partial charge is 0.456 e. The minimum Gasteiger partial charge on any atom is -0.456 e. The van der Waals surface area contributed by atoms with Crippen LogP contribution in [-0.4, -0.2) is 18.3 Å². The molecule has 230 valence electrons. The number of hydrogen-bond donors (Lipinski definition) is 0. The van der Waals surface area contributed by atoms with Crippen molar-refractivity contribution in [1.29, 1.82) is 0 Å². The zero-order valence-electron chi connectivity index (χ0n) is 27.1. The van der Waals surface area contributed by atoms with Crippen LogP contribution in [0.3, 0.4) is 0 Å². The Kier molecular flexibility index (Phi) is 7.05. The Labute approximate surface area is 276 Å². The van der Waals surface area contributed by atoms with Gasteiger partial charge in [-0.05, 0) is 97.9 Å². The maximum atomic E-state index is 6.54. The summed E-state index contributed by atoms with van der Waals surface area (Å²) in [4.78, 5) is 2.28. The van der Waals surface area contributed by atoms with Crippen LogP contribution in [0.2, 0.25) is 0 Å². The van der Waals surface area contributed by atoms with E-state index in [-0.39, 0.29) is 0 Å². The van der Waals surface area contributed by atoms with Gasteiger partial charge in [0.05, 0.1) is 11.2 Å². The summed E-state index contributed by atoms with van der Waals surface area (Å²) in [7, 11) is -0.443. The summed E-state index contributed by atoms with van der Waals surface area (Å²) in [6, 6.07) is 51.2. The number of fused-ring (bicyclic) bond motifs is 3. The summed E-state index contributed by atoms with van der Waals surface area (Å²) >= 11 is 0. The van der Waals surface area contributed by atoms with Crippen molar-refractivity contribution in [2.45, 2.75) is 38.9 Å². The van der Waals surface area contributed by atoms with Crippen molar-refractivity contribution in [3.63, 3.8) is 0 Å². The first kappa shape index (κ1) is 29.3. The van der Waals surface area contributed by atoms with E-state index in [0.29, 0.717) is 0 Å². The summed E-state index contributed by atoms with van der Waals surface area (Å²) < 4.78 is 19.2. The summed E-state index contributed by atoms with van der Waals surface area (Å²) in [6.45, 7) is 8.30. The van der Waals surface area contributed by atoms with E-state index in [1.165, 1.54) is 22.3 Å². The minimum atomic E-state index is -0.443. The first-order chi connectivity index (χ1) is 22.8. The number of benzene rings is 6. The largest absolute Gasteiger partial charge is 0.494 e. The molecule has 1 aliphatic rings. The van der Waals surface area contributed by atoms with Gasteiger partial charge in [-0.2, -0.15) is 0 Å². The van der Waals surface area contributed by atoms with Crippen LogP contribution < -0.4 is 10.4 Å². The van der Waals surface area contributed by atoms with Gasteiger partial charge in [-0.1, -0.05) is 97.1 Å². The van der Waals surface area contributed by atoms with Gasteiger partial charge >= 0.3 is 7.12 Å². The average Bonchev–Trinajstić information content (AvgIpc) is 3.57. The van der Waals surface area contributed by atoms with Crippen molar-refractivity contribution >= 4 is 51.6 Å². The van der Waals surface area contributed by atoms with Gasteiger partial charge < -0.3 is 18.6 Å². The van der Waals surface area contributed by atoms with E-state index in [1.54, 1.807) is 0 Å². The third-order valence-corrected chi connectivity index (χ3v) is 9.73. The lowest BCUT2D eigenvalue weighted by Gasteiger charge is -2.32. The Morgan fingerprint density at radius 1 is 0.447 bits per heavy atom. The summed E-state index contributed by atoms with van der Waals surface area (Å²) in [6.07, 6.45) is 0. The SMILES string of the molecule is CC1(C)OB(c2ccc3c(c2)oc2cc(N(c4ccc(-c5ccccc5)cc4)c4ccc(-c5ccccc5)cc4)ccc23)OC1(C)C. The van der Waals surface area contributed by atoms with E-state index >= 15 is 0 Å². The fraction of sp³-hybridized carbons (Fsp3) is 0.143. The van der Waals surface area contributed by atoms with Crippen molar-refractivity contribution in [2.75, 3.05) is 4.90 Å². The zero-order valence-corrected chi connectivity index (χ0v) is 27.1. The lowest BCUT2D eigenvalue weighted by molar-refractivity contribution is 0.00578. The molecule has 0 saturated carbocycles. The maximum Gasteiger partial charge on any atom is 0.494 e. The summed E-state index contributed by atoms with van der Waals surface area (Å²) in [5.41, 5.74) is 9.68. The van der Waals surface area contributed by atoms with Gasteiger partial charge in [-0.15, -0.1) is 0 Å². The van der Waals surface area contributed by atoms with Crippen LogP contribution >= 0.6 is 0 Å². The Balaban J connectivity index is 1.19. The number of nitrogens with zero attached hydrogens (tertiary/aromatic N) is 1. The predicted octanol–water partition coefficient (Wildman–Crippen LogP) is 10.7. The molecule has 8 rings (SSSR count). The second-order valence-electron chi connectivity index (χ2n) is 13.3. The molecule has 0 spiro atoms. The Morgan fingerprint density at radius 2 is 0.872 bits per heavy atom. The molecule has 0 unspecified atom stereocenters. The molecule has 47 heavy (non-hydrogen) atoms. The minimum absolute atomic E-state index is 0.405. The highest BCUT2D eigenvalue weighted by Gasteiger charge is 2.51. The molecular weight excluding hydrogens is 577 g/mol. The van der Waals surface area contributed by atoms with Crippen LogP contribution in [0, 0.1) is 0 Å². The van der Waals surface area contributed by atoms with Crippen molar-refractivity contribution in [3.8, 4) is 22.3 Å². The highest BCUT2D eigenvalue weighted by Crippen LogP contribution is 2.40. The molecule has 0 N–H and O–H groups in total. The highest BCUT2D eigenvalue weighted by molar-refractivity contribution is 6.62. The van der Waals surface area contributed by atoms with Crippen LogP contribution in [0.25, 0.3) is 44.2 Å². The molecule has 0 amide bonds. The normalized spacial score (nSPS) is 15.4. The van der Waals surface area contributed by atoms with E-state index in [2.05, 4.69) is 166 Å². The fourth-order valence-corrected chi connectivity index (χ4v) is 6.36. The van der Waals surface area contributed by atoms with E-state index in [4.69, 9.17) is 13.7 Å². The van der Waals surface area contributed by atoms with Crippen LogP contribution in [0.1, 0.15) is 27.7 Å². The molecule has 1 fully saturated rings. The molecule has 1 saturated heterocycles. The molecule has 2 heterocycles. The van der Waals surface area contributed by atoms with Crippen LogP contribution in [0.5, 0.6) is 0 Å². The number of rotatable bonds is 6. The van der Waals surface area contributed by atoms with Gasteiger partial charge in [0.25, 0.3) is 0 Å². The quantitative estimate of drug-likeness (QED) is 0.175. The van der Waals surface area contributed by atoms with Gasteiger partial charge in [0.1, 0.15) is 11.2 Å². The van der Waals surface area contributed by atoms with Crippen molar-refractivity contribution in [3.05, 3.63) is 146 Å². The Morgan fingerprint density at radius 3 is 1.38 bits per heavy atom. The molecule has 6 aromatic carbocycles. The zero-order chi connectivity index (χ0) is 32.2. The van der Waals surface area contributed by atoms with E-state index < -0.39 is 18.3 Å². The lowest BCUT2D eigenvalue weighted by Crippen LogP contribution is -2.41. The third kappa shape index (κ3) is 5.32. The number of anilines is 3. The van der Waals surface area contributed by atoms with Crippen LogP contribution in [0.4, 0.5) is 17.1 Å². The maximum absolute atomic E-state index is 6.54. The predicted molar refractivity (Wildman–Crippen MR) is 195 cm³/mol. The monoisotopic (exact) mass is 613 g/mol. The van der Waals surface area contributed by atoms with Gasteiger partial charge in [-0.25, -0.2) is 0 Å². The van der Waals surface area contributed by atoms with Gasteiger partial charge in [0, 0.05) is 33.9 Å². The van der Waals surface area contributed by atoms with Gasteiger partial charge in [-0.3, -0.25) is 0 Å². The summed E-state index contributed by atoms with van der Waals surface area (Å²) in [5, 5.41) is 2.14. The molecule has 0 atom stereocenters. The third-order valence-electron chi connectivity index (χ3n) is 9.73. The van der Waals surface area contributed by atoms with E-state index in [0.717, 1.165) is 44.5 Å². The number of furan rings is 1. The van der Waals surface area contributed by atoms with Crippen molar-refractivity contribution < 1.29 is 13.7 Å². The average molecular weight is 614 g/mol. The molecule has 1 aliphatic heterocycles. The number of hydrogen-bond acceptors (Lipinski definition) is 4. The Bertz CT molecular complexity index is 2090.